The standard InChI is InChI=1S/C27H53N.C6H6O3S.BrH/c1-5-9-12-15-18-21-24-27(8-4)28(25-22-19-16-13-10-6-2)26-23-20-17-14-11-7-3;7-10(8,9)6-4-2-1-3-5-6;/h4,27H,5-7,9-26H2,1-3H3;1-5H,(H,7,8,9);1H/p-1. The van der Waals surface area contributed by atoms with Crippen molar-refractivity contribution in [3.05, 3.63) is 30.3 Å². The lowest BCUT2D eigenvalue weighted by Gasteiger charge is -2.25. The van der Waals surface area contributed by atoms with Gasteiger partial charge in [0.2, 0.25) is 0 Å². The molecule has 0 aromatic heterocycles. The fraction of sp³-hybridized carbons (Fsp3) is 0.758. The first-order valence-corrected chi connectivity index (χ1v) is 17.1. The van der Waals surface area contributed by atoms with E-state index in [0.717, 1.165) is 0 Å². The molecule has 0 fully saturated rings. The lowest BCUT2D eigenvalue weighted by Crippen LogP contribution is -3.15. The lowest BCUT2D eigenvalue weighted by molar-refractivity contribution is -0.918. The van der Waals surface area contributed by atoms with Crippen LogP contribution in [0.5, 0.6) is 0 Å². The van der Waals surface area contributed by atoms with Crippen LogP contribution in [0.4, 0.5) is 0 Å². The molecule has 0 saturated carbocycles. The number of hydrogen-bond donors (Lipinski definition) is 1. The summed E-state index contributed by atoms with van der Waals surface area (Å²) in [5.41, 5.74) is 0. The third kappa shape index (κ3) is 24.6. The van der Waals surface area contributed by atoms with Gasteiger partial charge in [0.05, 0.1) is 18.0 Å². The number of halogens is 1. The SMILES string of the molecule is C#CC(CCCCCCCC)[NH+](CCCCCCCC)CCCCCCCC.O=S(=O)([O-])c1ccccc1.[Br-]. The third-order valence-electron chi connectivity index (χ3n) is 7.28. The number of nitrogens with one attached hydrogen (secondary N) is 1. The predicted octanol–water partition coefficient (Wildman–Crippen LogP) is 4.94. The van der Waals surface area contributed by atoms with Crippen molar-refractivity contribution in [2.24, 2.45) is 0 Å². The van der Waals surface area contributed by atoms with Crippen molar-refractivity contribution in [2.45, 2.75) is 154 Å². The second kappa shape index (κ2) is 28.7. The molecule has 6 heteroatoms. The van der Waals surface area contributed by atoms with Crippen LogP contribution in [-0.2, 0) is 10.1 Å². The molecule has 0 aliphatic rings. The Hall–Kier alpha value is -0.870. The molecule has 228 valence electrons. The Morgan fingerprint density at radius 2 is 1.08 bits per heavy atom. The van der Waals surface area contributed by atoms with Crippen LogP contribution >= 0.6 is 0 Å². The number of rotatable bonds is 23. The van der Waals surface area contributed by atoms with E-state index in [1.54, 1.807) is 11.0 Å². The molecule has 1 aromatic carbocycles. The van der Waals surface area contributed by atoms with Gasteiger partial charge in [0.1, 0.15) is 16.2 Å². The third-order valence-corrected chi connectivity index (χ3v) is 8.12. The van der Waals surface area contributed by atoms with Gasteiger partial charge in [-0.15, -0.1) is 6.42 Å². The highest BCUT2D eigenvalue weighted by molar-refractivity contribution is 7.85. The van der Waals surface area contributed by atoms with Gasteiger partial charge < -0.3 is 26.4 Å². The molecule has 0 heterocycles. The molecule has 1 N–H and O–H groups in total. The second-order valence-electron chi connectivity index (χ2n) is 10.7. The normalized spacial score (nSPS) is 11.8. The van der Waals surface area contributed by atoms with Crippen molar-refractivity contribution in [3.8, 4) is 12.3 Å². The number of terminal acetylenes is 1. The number of quaternary nitrogens is 1. The average molecular weight is 630 g/mol. The lowest BCUT2D eigenvalue weighted by atomic mass is 10.0. The first kappa shape index (κ1) is 40.3. The van der Waals surface area contributed by atoms with E-state index in [1.165, 1.54) is 159 Å². The van der Waals surface area contributed by atoms with Gasteiger partial charge in [0.15, 0.2) is 0 Å². The first-order valence-electron chi connectivity index (χ1n) is 15.7. The Balaban J connectivity index is 0. The van der Waals surface area contributed by atoms with Gasteiger partial charge >= 0.3 is 0 Å². The maximum Gasteiger partial charge on any atom is 0.149 e. The minimum Gasteiger partial charge on any atom is -1.00 e. The smallest absolute Gasteiger partial charge is 0.149 e. The molecule has 0 radical (unpaired) electrons. The Morgan fingerprint density at radius 1 is 0.692 bits per heavy atom. The molecule has 1 aromatic rings. The minimum absolute atomic E-state index is 0. The molecule has 0 amide bonds. The van der Waals surface area contributed by atoms with E-state index in [9.17, 15) is 13.0 Å². The summed E-state index contributed by atoms with van der Waals surface area (Å²) >= 11 is 0. The van der Waals surface area contributed by atoms with Gasteiger partial charge in [0, 0.05) is 6.42 Å². The zero-order valence-electron chi connectivity index (χ0n) is 25.4. The molecule has 1 rings (SSSR count). The van der Waals surface area contributed by atoms with Crippen molar-refractivity contribution in [1.29, 1.82) is 0 Å². The fourth-order valence-corrected chi connectivity index (χ4v) is 5.35. The van der Waals surface area contributed by atoms with Crippen LogP contribution in [0, 0.1) is 12.3 Å². The summed E-state index contributed by atoms with van der Waals surface area (Å²) in [4.78, 5) is 1.54. The Bertz CT molecular complexity index is 764. The van der Waals surface area contributed by atoms with Gasteiger partial charge in [0.25, 0.3) is 0 Å². The molecule has 0 aliphatic carbocycles. The topological polar surface area (TPSA) is 61.6 Å². The molecule has 1 atom stereocenters. The first-order chi connectivity index (χ1) is 18.4. The minimum atomic E-state index is -4.25. The van der Waals surface area contributed by atoms with Crippen LogP contribution in [0.25, 0.3) is 0 Å². The van der Waals surface area contributed by atoms with Crippen LogP contribution in [0.15, 0.2) is 35.2 Å². The Labute approximate surface area is 253 Å². The summed E-state index contributed by atoms with van der Waals surface area (Å²) < 4.78 is 30.8. The molecular weight excluding hydrogens is 570 g/mol. The molecule has 0 aliphatic heterocycles. The number of benzene rings is 1. The number of unbranched alkanes of at least 4 members (excludes halogenated alkanes) is 15. The summed E-state index contributed by atoms with van der Waals surface area (Å²) in [6.07, 6.45) is 32.1. The highest BCUT2D eigenvalue weighted by atomic mass is 79.9. The van der Waals surface area contributed by atoms with Gasteiger partial charge in [-0.25, -0.2) is 8.42 Å². The van der Waals surface area contributed by atoms with Crippen LogP contribution in [0.1, 0.15) is 143 Å². The maximum atomic E-state index is 10.3. The summed E-state index contributed by atoms with van der Waals surface area (Å²) in [5, 5.41) is 0. The van der Waals surface area contributed by atoms with Gasteiger partial charge in [-0.2, -0.15) is 0 Å². The van der Waals surface area contributed by atoms with E-state index in [-0.39, 0.29) is 21.9 Å². The largest absolute Gasteiger partial charge is 1.00 e. The van der Waals surface area contributed by atoms with E-state index in [0.29, 0.717) is 6.04 Å². The van der Waals surface area contributed by atoms with Crippen molar-refractivity contribution >= 4 is 10.1 Å². The van der Waals surface area contributed by atoms with Crippen LogP contribution in [0.3, 0.4) is 0 Å². The zero-order valence-corrected chi connectivity index (χ0v) is 27.8. The van der Waals surface area contributed by atoms with E-state index in [2.05, 4.69) is 26.7 Å². The highest BCUT2D eigenvalue weighted by Crippen LogP contribution is 2.09. The summed E-state index contributed by atoms with van der Waals surface area (Å²) in [5.74, 6) is 3.19. The summed E-state index contributed by atoms with van der Waals surface area (Å²) in [6.45, 7) is 9.48. The van der Waals surface area contributed by atoms with Crippen LogP contribution < -0.4 is 21.9 Å². The molecule has 39 heavy (non-hydrogen) atoms. The summed E-state index contributed by atoms with van der Waals surface area (Å²) in [7, 11) is -4.25. The van der Waals surface area contributed by atoms with Gasteiger partial charge in [-0.3, -0.25) is 0 Å². The molecule has 0 bridgehead atoms. The van der Waals surface area contributed by atoms with Gasteiger partial charge in [-0.1, -0.05) is 122 Å². The quantitative estimate of drug-likeness (QED) is 0.106. The molecule has 0 spiro atoms. The maximum absolute atomic E-state index is 10.3. The molecule has 1 unspecified atom stereocenters. The second-order valence-corrected chi connectivity index (χ2v) is 12.1. The van der Waals surface area contributed by atoms with Crippen molar-refractivity contribution in [1.82, 2.24) is 0 Å². The average Bonchev–Trinajstić information content (AvgIpc) is 2.91. The predicted molar refractivity (Wildman–Crippen MR) is 162 cm³/mol. The zero-order chi connectivity index (χ0) is 28.3. The Kier molecular flexibility index (Phi) is 29.6. The van der Waals surface area contributed by atoms with E-state index in [4.69, 9.17) is 6.42 Å². The van der Waals surface area contributed by atoms with Crippen LogP contribution in [0.2, 0.25) is 0 Å². The van der Waals surface area contributed by atoms with Crippen molar-refractivity contribution < 1.29 is 34.9 Å². The van der Waals surface area contributed by atoms with E-state index >= 15 is 0 Å². The van der Waals surface area contributed by atoms with E-state index < -0.39 is 10.1 Å². The Morgan fingerprint density at radius 3 is 1.44 bits per heavy atom. The van der Waals surface area contributed by atoms with Crippen LogP contribution in [-0.4, -0.2) is 32.1 Å². The highest BCUT2D eigenvalue weighted by Gasteiger charge is 2.19. The number of hydrogen-bond acceptors (Lipinski definition) is 3. The summed E-state index contributed by atoms with van der Waals surface area (Å²) in [6, 6.07) is 7.65. The monoisotopic (exact) mass is 628 g/mol. The fourth-order valence-electron chi connectivity index (χ4n) is 4.86. The molecule has 0 saturated heterocycles. The van der Waals surface area contributed by atoms with E-state index in [1.807, 2.05) is 0 Å². The van der Waals surface area contributed by atoms with Crippen molar-refractivity contribution in [2.75, 3.05) is 13.1 Å². The molecular formula is C33H59BrNO3S-. The molecule has 4 nitrogen and oxygen atoms in total. The van der Waals surface area contributed by atoms with Crippen molar-refractivity contribution in [3.63, 3.8) is 0 Å². The van der Waals surface area contributed by atoms with Gasteiger partial charge in [-0.05, 0) is 50.2 Å².